The molecule has 0 atom stereocenters. The molecule has 1 N–H and O–H groups in total. The van der Waals surface area contributed by atoms with Crippen LogP contribution in [0, 0.1) is 0 Å². The average Bonchev–Trinajstić information content (AvgIpc) is 3.27. The molecule has 4 rings (SSSR count). The van der Waals surface area contributed by atoms with Crippen LogP contribution in [0.5, 0.6) is 5.75 Å². The number of ether oxygens (including phenoxy) is 1. The third-order valence-corrected chi connectivity index (χ3v) is 6.00. The number of aromatic nitrogens is 1. The Kier molecular flexibility index (Phi) is 7.66. The van der Waals surface area contributed by atoms with Gasteiger partial charge in [0.1, 0.15) is 5.75 Å². The van der Waals surface area contributed by atoms with Crippen molar-refractivity contribution in [1.29, 1.82) is 0 Å². The quantitative estimate of drug-likeness (QED) is 0.291. The molecule has 6 heteroatoms. The molecule has 0 fully saturated rings. The average molecular weight is 476 g/mol. The van der Waals surface area contributed by atoms with Gasteiger partial charge in [-0.2, -0.15) is 0 Å². The van der Waals surface area contributed by atoms with E-state index in [1.165, 1.54) is 16.8 Å². The topological polar surface area (TPSA) is 29.4 Å². The van der Waals surface area contributed by atoms with Crippen molar-refractivity contribution in [3.05, 3.63) is 119 Å². The van der Waals surface area contributed by atoms with Gasteiger partial charge in [0, 0.05) is 35.7 Å². The van der Waals surface area contributed by atoms with Crippen LogP contribution in [-0.2, 0) is 19.6 Å². The number of nitrogens with one attached hydrogen (secondary N) is 1. The zero-order valence-electron chi connectivity index (χ0n) is 18.4. The summed E-state index contributed by atoms with van der Waals surface area (Å²) in [4.78, 5) is 2.18. The lowest BCUT2D eigenvalue weighted by Crippen LogP contribution is -2.34. The van der Waals surface area contributed by atoms with E-state index in [4.69, 9.17) is 28.6 Å². The Hall–Kier alpha value is -3.28. The zero-order chi connectivity index (χ0) is 23.0. The van der Waals surface area contributed by atoms with E-state index in [0.29, 0.717) is 18.2 Å². The SMILES string of the molecule is COc1ccc(NC(=S)N(Cc2ccccc2)Cc2cccn2Cc2ccc(Cl)cc2)cc1. The summed E-state index contributed by atoms with van der Waals surface area (Å²) in [6.45, 7) is 2.16. The summed E-state index contributed by atoms with van der Waals surface area (Å²) >= 11 is 11.9. The van der Waals surface area contributed by atoms with Crippen molar-refractivity contribution >= 4 is 34.6 Å². The second-order valence-electron chi connectivity index (χ2n) is 7.75. The van der Waals surface area contributed by atoms with Gasteiger partial charge in [-0.3, -0.25) is 0 Å². The first-order chi connectivity index (χ1) is 16.1. The van der Waals surface area contributed by atoms with Crippen molar-refractivity contribution in [2.45, 2.75) is 19.6 Å². The minimum absolute atomic E-state index is 0.670. The molecule has 0 aliphatic heterocycles. The number of thiocarbonyl (C=S) groups is 1. The third kappa shape index (κ3) is 6.37. The molecule has 0 aliphatic carbocycles. The molecule has 0 bridgehead atoms. The Balaban J connectivity index is 1.53. The summed E-state index contributed by atoms with van der Waals surface area (Å²) in [5, 5.41) is 4.79. The van der Waals surface area contributed by atoms with Crippen LogP contribution in [0.2, 0.25) is 5.02 Å². The third-order valence-electron chi connectivity index (χ3n) is 5.39. The van der Waals surface area contributed by atoms with Gasteiger partial charge in [0.05, 0.1) is 13.7 Å². The Labute approximate surface area is 205 Å². The van der Waals surface area contributed by atoms with E-state index in [-0.39, 0.29) is 0 Å². The van der Waals surface area contributed by atoms with Crippen LogP contribution in [0.4, 0.5) is 5.69 Å². The highest BCUT2D eigenvalue weighted by molar-refractivity contribution is 7.80. The van der Waals surface area contributed by atoms with Crippen LogP contribution in [0.15, 0.2) is 97.2 Å². The monoisotopic (exact) mass is 475 g/mol. The molecule has 0 amide bonds. The molecule has 0 aliphatic rings. The van der Waals surface area contributed by atoms with Crippen LogP contribution < -0.4 is 10.1 Å². The van der Waals surface area contributed by atoms with Crippen molar-refractivity contribution in [2.24, 2.45) is 0 Å². The maximum atomic E-state index is 6.05. The first kappa shape index (κ1) is 22.9. The molecule has 0 unspecified atom stereocenters. The van der Waals surface area contributed by atoms with E-state index in [1.807, 2.05) is 42.5 Å². The van der Waals surface area contributed by atoms with Gasteiger partial charge < -0.3 is 19.5 Å². The zero-order valence-corrected chi connectivity index (χ0v) is 20.0. The molecular weight excluding hydrogens is 450 g/mol. The predicted molar refractivity (Wildman–Crippen MR) is 140 cm³/mol. The minimum atomic E-state index is 0.670. The smallest absolute Gasteiger partial charge is 0.174 e. The van der Waals surface area contributed by atoms with Crippen molar-refractivity contribution in [3.63, 3.8) is 0 Å². The first-order valence-corrected chi connectivity index (χ1v) is 11.5. The maximum absolute atomic E-state index is 6.05. The lowest BCUT2D eigenvalue weighted by Gasteiger charge is -2.27. The second-order valence-corrected chi connectivity index (χ2v) is 8.58. The van der Waals surface area contributed by atoms with E-state index in [2.05, 4.69) is 69.5 Å². The molecule has 0 spiro atoms. The van der Waals surface area contributed by atoms with Crippen LogP contribution in [-0.4, -0.2) is 21.7 Å². The number of anilines is 1. The predicted octanol–water partition coefficient (Wildman–Crippen LogP) is 6.60. The second kappa shape index (κ2) is 11.0. The molecule has 4 aromatic rings. The van der Waals surface area contributed by atoms with Gasteiger partial charge in [0.2, 0.25) is 0 Å². The molecule has 1 heterocycles. The van der Waals surface area contributed by atoms with Gasteiger partial charge in [-0.05, 0) is 71.9 Å². The first-order valence-electron chi connectivity index (χ1n) is 10.7. The lowest BCUT2D eigenvalue weighted by molar-refractivity contribution is 0.399. The van der Waals surface area contributed by atoms with Gasteiger partial charge >= 0.3 is 0 Å². The van der Waals surface area contributed by atoms with Crippen molar-refractivity contribution in [2.75, 3.05) is 12.4 Å². The van der Waals surface area contributed by atoms with Crippen LogP contribution in [0.1, 0.15) is 16.8 Å². The van der Waals surface area contributed by atoms with Crippen molar-refractivity contribution in [1.82, 2.24) is 9.47 Å². The highest BCUT2D eigenvalue weighted by Gasteiger charge is 2.14. The molecule has 0 radical (unpaired) electrons. The maximum Gasteiger partial charge on any atom is 0.174 e. The fourth-order valence-corrected chi connectivity index (χ4v) is 3.98. The van der Waals surface area contributed by atoms with Gasteiger partial charge in [-0.25, -0.2) is 0 Å². The number of nitrogens with zero attached hydrogens (tertiary/aromatic N) is 2. The van der Waals surface area contributed by atoms with Crippen LogP contribution in [0.25, 0.3) is 0 Å². The van der Waals surface area contributed by atoms with Gasteiger partial charge in [-0.15, -0.1) is 0 Å². The Morgan fingerprint density at radius 2 is 1.61 bits per heavy atom. The Bertz CT molecular complexity index is 1170. The highest BCUT2D eigenvalue weighted by Crippen LogP contribution is 2.19. The molecule has 4 nitrogen and oxygen atoms in total. The standard InChI is InChI=1S/C27H26ClN3OS/c1-32-26-15-13-24(14-16-26)29-27(33)31(19-21-6-3-2-4-7-21)20-25-8-5-17-30(25)18-22-9-11-23(28)12-10-22/h2-17H,18-20H2,1H3,(H,29,33). The van der Waals surface area contributed by atoms with Crippen LogP contribution in [0.3, 0.4) is 0 Å². The van der Waals surface area contributed by atoms with Crippen molar-refractivity contribution < 1.29 is 4.74 Å². The summed E-state index contributed by atoms with van der Waals surface area (Å²) in [7, 11) is 1.66. The van der Waals surface area contributed by atoms with E-state index in [9.17, 15) is 0 Å². The fourth-order valence-electron chi connectivity index (χ4n) is 3.61. The number of hydrogen-bond acceptors (Lipinski definition) is 2. The van der Waals surface area contributed by atoms with Gasteiger partial charge in [0.25, 0.3) is 0 Å². The fraction of sp³-hybridized carbons (Fsp3) is 0.148. The molecule has 1 aromatic heterocycles. The van der Waals surface area contributed by atoms with Crippen molar-refractivity contribution in [3.8, 4) is 5.75 Å². The molecule has 3 aromatic carbocycles. The minimum Gasteiger partial charge on any atom is -0.497 e. The number of hydrogen-bond donors (Lipinski definition) is 1. The summed E-state index contributed by atoms with van der Waals surface area (Å²) in [6.07, 6.45) is 2.10. The summed E-state index contributed by atoms with van der Waals surface area (Å²) in [5.74, 6) is 0.813. The molecule has 0 saturated carbocycles. The Morgan fingerprint density at radius 3 is 2.30 bits per heavy atom. The van der Waals surface area contributed by atoms with E-state index >= 15 is 0 Å². The number of methoxy groups -OCH3 is 1. The van der Waals surface area contributed by atoms with Crippen LogP contribution >= 0.6 is 23.8 Å². The Morgan fingerprint density at radius 1 is 0.879 bits per heavy atom. The number of rotatable bonds is 8. The summed E-state index contributed by atoms with van der Waals surface area (Å²) in [5.41, 5.74) is 4.51. The molecule has 0 saturated heterocycles. The summed E-state index contributed by atoms with van der Waals surface area (Å²) < 4.78 is 7.51. The molecule has 33 heavy (non-hydrogen) atoms. The number of benzene rings is 3. The lowest BCUT2D eigenvalue weighted by atomic mass is 10.2. The normalized spacial score (nSPS) is 10.6. The van der Waals surface area contributed by atoms with E-state index in [1.54, 1.807) is 7.11 Å². The molecule has 168 valence electrons. The van der Waals surface area contributed by atoms with Gasteiger partial charge in [-0.1, -0.05) is 54.1 Å². The van der Waals surface area contributed by atoms with Gasteiger partial charge in [0.15, 0.2) is 5.11 Å². The van der Waals surface area contributed by atoms with E-state index in [0.717, 1.165) is 23.0 Å². The van der Waals surface area contributed by atoms with E-state index < -0.39 is 0 Å². The highest BCUT2D eigenvalue weighted by atomic mass is 35.5. The number of halogens is 1. The largest absolute Gasteiger partial charge is 0.497 e. The molecular formula is C27H26ClN3OS. The summed E-state index contributed by atoms with van der Waals surface area (Å²) in [6, 6.07) is 30.3.